The van der Waals surface area contributed by atoms with E-state index >= 15 is 0 Å². The number of rotatable bonds is 3. The van der Waals surface area contributed by atoms with E-state index in [2.05, 4.69) is 65.3 Å². The lowest BCUT2D eigenvalue weighted by atomic mass is 9.92. The van der Waals surface area contributed by atoms with Gasteiger partial charge in [-0.1, -0.05) is 20.8 Å². The molecular formula is C24H22N6. The molecule has 6 nitrogen and oxygen atoms in total. The van der Waals surface area contributed by atoms with Crippen molar-refractivity contribution in [2.45, 2.75) is 26.2 Å². The van der Waals surface area contributed by atoms with Gasteiger partial charge < -0.3 is 10.3 Å². The Morgan fingerprint density at radius 1 is 0.867 bits per heavy atom. The summed E-state index contributed by atoms with van der Waals surface area (Å²) in [6, 6.07) is 14.2. The molecular weight excluding hydrogens is 372 g/mol. The number of aromatic nitrogens is 5. The third kappa shape index (κ3) is 3.37. The monoisotopic (exact) mass is 394 g/mol. The molecule has 4 aromatic heterocycles. The molecule has 0 aliphatic heterocycles. The van der Waals surface area contributed by atoms with Crippen LogP contribution in [0.2, 0.25) is 0 Å². The van der Waals surface area contributed by atoms with Crippen LogP contribution in [0.25, 0.3) is 33.2 Å². The molecule has 5 rings (SSSR count). The molecule has 0 radical (unpaired) electrons. The molecule has 2 N–H and O–H groups in total. The fourth-order valence-electron chi connectivity index (χ4n) is 3.45. The quantitative estimate of drug-likeness (QED) is 0.416. The Morgan fingerprint density at radius 3 is 2.47 bits per heavy atom. The lowest BCUT2D eigenvalue weighted by Gasteiger charge is -2.15. The van der Waals surface area contributed by atoms with Gasteiger partial charge in [0, 0.05) is 58.1 Å². The topological polar surface area (TPSA) is 79.4 Å². The van der Waals surface area contributed by atoms with Crippen LogP contribution in [0.15, 0.2) is 67.3 Å². The fourth-order valence-corrected chi connectivity index (χ4v) is 3.45. The van der Waals surface area contributed by atoms with E-state index in [-0.39, 0.29) is 5.41 Å². The van der Waals surface area contributed by atoms with Crippen LogP contribution >= 0.6 is 0 Å². The van der Waals surface area contributed by atoms with Crippen molar-refractivity contribution in [3.63, 3.8) is 0 Å². The first kappa shape index (κ1) is 18.2. The van der Waals surface area contributed by atoms with Gasteiger partial charge in [0.1, 0.15) is 5.82 Å². The largest absolute Gasteiger partial charge is 0.358 e. The van der Waals surface area contributed by atoms with Crippen molar-refractivity contribution in [2.24, 2.45) is 0 Å². The second kappa shape index (κ2) is 6.91. The molecule has 0 aliphatic rings. The number of pyridine rings is 2. The van der Waals surface area contributed by atoms with Crippen LogP contribution in [0.3, 0.4) is 0 Å². The Balaban J connectivity index is 1.59. The molecule has 0 aliphatic carbocycles. The molecule has 4 heterocycles. The summed E-state index contributed by atoms with van der Waals surface area (Å²) in [6.07, 6.45) is 7.03. The minimum absolute atomic E-state index is 0.0700. The van der Waals surface area contributed by atoms with E-state index in [4.69, 9.17) is 9.97 Å². The smallest absolute Gasteiger partial charge is 0.162 e. The molecule has 5 aromatic rings. The average Bonchev–Trinajstić information content (AvgIpc) is 3.18. The zero-order chi connectivity index (χ0) is 20.7. The van der Waals surface area contributed by atoms with Gasteiger partial charge in [-0.25, -0.2) is 9.97 Å². The second-order valence-electron chi connectivity index (χ2n) is 8.38. The van der Waals surface area contributed by atoms with E-state index in [1.54, 1.807) is 24.8 Å². The molecule has 0 saturated carbocycles. The van der Waals surface area contributed by atoms with Crippen molar-refractivity contribution in [3.8, 4) is 11.4 Å². The first-order valence-corrected chi connectivity index (χ1v) is 9.90. The summed E-state index contributed by atoms with van der Waals surface area (Å²) in [5.74, 6) is 1.38. The highest BCUT2D eigenvalue weighted by Crippen LogP contribution is 2.30. The first-order chi connectivity index (χ1) is 14.5. The molecule has 0 unspecified atom stereocenters. The van der Waals surface area contributed by atoms with Crippen LogP contribution in [0.1, 0.15) is 26.5 Å². The lowest BCUT2D eigenvalue weighted by molar-refractivity contribution is 0.574. The van der Waals surface area contributed by atoms with Crippen LogP contribution in [0.4, 0.5) is 11.5 Å². The Morgan fingerprint density at radius 2 is 1.67 bits per heavy atom. The number of nitrogens with one attached hydrogen (secondary N) is 2. The predicted molar refractivity (Wildman–Crippen MR) is 121 cm³/mol. The van der Waals surface area contributed by atoms with Crippen molar-refractivity contribution in [1.29, 1.82) is 0 Å². The minimum Gasteiger partial charge on any atom is -0.358 e. The number of aromatic amines is 1. The van der Waals surface area contributed by atoms with Crippen molar-refractivity contribution in [3.05, 3.63) is 72.9 Å². The van der Waals surface area contributed by atoms with E-state index < -0.39 is 0 Å². The molecule has 1 aromatic carbocycles. The standard InChI is InChI=1S/C24H22N6/c1-24(2,3)21-13-16-12-17(4-5-19(16)28-21)27-23-18-14-26-11-8-20(18)29-22(30-23)15-6-9-25-10-7-15/h4-14,28H,1-3H3,(H,27,29,30). The van der Waals surface area contributed by atoms with Crippen LogP contribution in [-0.4, -0.2) is 24.9 Å². The van der Waals surface area contributed by atoms with Gasteiger partial charge in [-0.2, -0.15) is 0 Å². The molecule has 148 valence electrons. The summed E-state index contributed by atoms with van der Waals surface area (Å²) in [7, 11) is 0. The van der Waals surface area contributed by atoms with Crippen molar-refractivity contribution >= 4 is 33.3 Å². The maximum atomic E-state index is 4.79. The fraction of sp³-hybridized carbons (Fsp3) is 0.167. The van der Waals surface area contributed by atoms with Gasteiger partial charge in [0.25, 0.3) is 0 Å². The number of hydrogen-bond acceptors (Lipinski definition) is 5. The van der Waals surface area contributed by atoms with Crippen LogP contribution in [0, 0.1) is 0 Å². The summed E-state index contributed by atoms with van der Waals surface area (Å²) in [5, 5.41) is 5.51. The number of fused-ring (bicyclic) bond motifs is 2. The second-order valence-corrected chi connectivity index (χ2v) is 8.38. The average molecular weight is 394 g/mol. The number of benzene rings is 1. The Bertz CT molecular complexity index is 1350. The summed E-state index contributed by atoms with van der Waals surface area (Å²) in [5.41, 5.74) is 5.13. The lowest BCUT2D eigenvalue weighted by Crippen LogP contribution is -2.10. The highest BCUT2D eigenvalue weighted by molar-refractivity contribution is 5.93. The first-order valence-electron chi connectivity index (χ1n) is 9.90. The van der Waals surface area contributed by atoms with E-state index in [0.717, 1.165) is 38.9 Å². The molecule has 30 heavy (non-hydrogen) atoms. The Kier molecular flexibility index (Phi) is 4.20. The summed E-state index contributed by atoms with van der Waals surface area (Å²) >= 11 is 0. The number of anilines is 2. The zero-order valence-electron chi connectivity index (χ0n) is 17.1. The van der Waals surface area contributed by atoms with Crippen molar-refractivity contribution in [2.75, 3.05) is 5.32 Å². The molecule has 0 spiro atoms. The Labute approximate surface area is 174 Å². The van der Waals surface area contributed by atoms with Crippen LogP contribution in [-0.2, 0) is 5.41 Å². The maximum absolute atomic E-state index is 4.79. The predicted octanol–water partition coefficient (Wildman–Crippen LogP) is 5.61. The van der Waals surface area contributed by atoms with E-state index in [9.17, 15) is 0 Å². The Hall–Kier alpha value is -3.80. The minimum atomic E-state index is 0.0700. The third-order valence-corrected chi connectivity index (χ3v) is 5.13. The molecule has 0 fully saturated rings. The maximum Gasteiger partial charge on any atom is 0.162 e. The van der Waals surface area contributed by atoms with Crippen LogP contribution < -0.4 is 5.32 Å². The van der Waals surface area contributed by atoms with Gasteiger partial charge in [-0.3, -0.25) is 9.97 Å². The summed E-state index contributed by atoms with van der Waals surface area (Å²) < 4.78 is 0. The number of hydrogen-bond donors (Lipinski definition) is 2. The SMILES string of the molecule is CC(C)(C)c1cc2cc(Nc3nc(-c4ccncc4)nc4ccncc34)ccc2[nH]1. The van der Waals surface area contributed by atoms with Crippen LogP contribution in [0.5, 0.6) is 0 Å². The van der Waals surface area contributed by atoms with Gasteiger partial charge in [-0.15, -0.1) is 0 Å². The van der Waals surface area contributed by atoms with Crippen molar-refractivity contribution in [1.82, 2.24) is 24.9 Å². The molecule has 6 heteroatoms. The van der Waals surface area contributed by atoms with E-state index in [1.807, 2.05) is 18.2 Å². The van der Waals surface area contributed by atoms with Gasteiger partial charge in [-0.05, 0) is 42.5 Å². The zero-order valence-corrected chi connectivity index (χ0v) is 17.1. The number of H-pyrrole nitrogens is 1. The van der Waals surface area contributed by atoms with Gasteiger partial charge in [0.05, 0.1) is 10.9 Å². The normalized spacial score (nSPS) is 11.8. The molecule has 0 atom stereocenters. The highest BCUT2D eigenvalue weighted by atomic mass is 15.0. The van der Waals surface area contributed by atoms with Gasteiger partial charge in [0.2, 0.25) is 0 Å². The summed E-state index contributed by atoms with van der Waals surface area (Å²) in [4.78, 5) is 21.4. The van der Waals surface area contributed by atoms with Gasteiger partial charge in [0.15, 0.2) is 5.82 Å². The molecule has 0 bridgehead atoms. The molecule has 0 amide bonds. The number of nitrogens with zero attached hydrogens (tertiary/aromatic N) is 4. The van der Waals surface area contributed by atoms with Crippen molar-refractivity contribution < 1.29 is 0 Å². The summed E-state index contributed by atoms with van der Waals surface area (Å²) in [6.45, 7) is 6.62. The van der Waals surface area contributed by atoms with E-state index in [0.29, 0.717) is 5.82 Å². The highest BCUT2D eigenvalue weighted by Gasteiger charge is 2.16. The third-order valence-electron chi connectivity index (χ3n) is 5.13. The van der Waals surface area contributed by atoms with E-state index in [1.165, 1.54) is 5.69 Å². The molecule has 0 saturated heterocycles. The van der Waals surface area contributed by atoms with Gasteiger partial charge >= 0.3 is 0 Å².